The molecule has 1 aliphatic rings. The number of rotatable bonds is 6. The van der Waals surface area contributed by atoms with Gasteiger partial charge in [0.15, 0.2) is 0 Å². The molecule has 1 aliphatic heterocycles. The lowest BCUT2D eigenvalue weighted by atomic mass is 10.0. The monoisotopic (exact) mass is 250 g/mol. The molecule has 102 valence electrons. The van der Waals surface area contributed by atoms with E-state index in [1.54, 1.807) is 6.26 Å². The number of hydrogen-bond acceptors (Lipinski definition) is 3. The second-order valence-corrected chi connectivity index (χ2v) is 5.38. The second-order valence-electron chi connectivity index (χ2n) is 5.38. The Morgan fingerprint density at radius 3 is 2.78 bits per heavy atom. The fraction of sp³-hybridized carbons (Fsp3) is 0.733. The van der Waals surface area contributed by atoms with Gasteiger partial charge in [-0.3, -0.25) is 0 Å². The lowest BCUT2D eigenvalue weighted by molar-refractivity contribution is 0.193. The molecule has 1 fully saturated rings. The number of nitrogens with zero attached hydrogens (tertiary/aromatic N) is 1. The summed E-state index contributed by atoms with van der Waals surface area (Å²) < 4.78 is 5.46. The molecule has 0 aliphatic carbocycles. The van der Waals surface area contributed by atoms with Crippen molar-refractivity contribution in [2.24, 2.45) is 0 Å². The first-order valence-corrected chi connectivity index (χ1v) is 7.28. The summed E-state index contributed by atoms with van der Waals surface area (Å²) >= 11 is 0. The summed E-state index contributed by atoms with van der Waals surface area (Å²) in [6, 6.07) is 2.69. The number of piperidine rings is 1. The minimum Gasteiger partial charge on any atom is -0.468 e. The molecule has 0 amide bonds. The molecule has 1 saturated heterocycles. The largest absolute Gasteiger partial charge is 0.468 e. The molecule has 3 heteroatoms. The summed E-state index contributed by atoms with van der Waals surface area (Å²) in [6.45, 7) is 9.01. The SMILES string of the molecule is CCCCN1CCC(NCc2occc2C)CC1. The summed E-state index contributed by atoms with van der Waals surface area (Å²) in [7, 11) is 0. The molecule has 1 aromatic rings. The Morgan fingerprint density at radius 1 is 1.39 bits per heavy atom. The fourth-order valence-corrected chi connectivity index (χ4v) is 2.56. The molecular formula is C15H26N2O. The molecule has 3 nitrogen and oxygen atoms in total. The van der Waals surface area contributed by atoms with Gasteiger partial charge in [0, 0.05) is 6.04 Å². The molecule has 2 heterocycles. The van der Waals surface area contributed by atoms with E-state index in [2.05, 4.69) is 24.1 Å². The first-order valence-electron chi connectivity index (χ1n) is 7.28. The predicted octanol–water partition coefficient (Wildman–Crippen LogP) is 2.94. The average Bonchev–Trinajstić information content (AvgIpc) is 2.81. The van der Waals surface area contributed by atoms with Crippen LogP contribution in [-0.4, -0.2) is 30.6 Å². The molecule has 0 aromatic carbocycles. The van der Waals surface area contributed by atoms with Gasteiger partial charge in [-0.15, -0.1) is 0 Å². The Balaban J connectivity index is 1.66. The Bertz CT molecular complexity index is 340. The first-order chi connectivity index (χ1) is 8.79. The third-order valence-corrected chi connectivity index (χ3v) is 3.93. The van der Waals surface area contributed by atoms with Gasteiger partial charge < -0.3 is 14.6 Å². The molecule has 1 N–H and O–H groups in total. The maximum absolute atomic E-state index is 5.46. The topological polar surface area (TPSA) is 28.4 Å². The van der Waals surface area contributed by atoms with E-state index >= 15 is 0 Å². The van der Waals surface area contributed by atoms with Gasteiger partial charge in [0.2, 0.25) is 0 Å². The maximum atomic E-state index is 5.46. The van der Waals surface area contributed by atoms with Gasteiger partial charge in [0.05, 0.1) is 12.8 Å². The lowest BCUT2D eigenvalue weighted by Gasteiger charge is -2.32. The summed E-state index contributed by atoms with van der Waals surface area (Å²) in [5.41, 5.74) is 1.25. The van der Waals surface area contributed by atoms with Crippen molar-refractivity contribution < 1.29 is 4.42 Å². The molecular weight excluding hydrogens is 224 g/mol. The number of furan rings is 1. The minimum atomic E-state index is 0.660. The van der Waals surface area contributed by atoms with E-state index < -0.39 is 0 Å². The molecule has 2 rings (SSSR count). The molecule has 0 bridgehead atoms. The lowest BCUT2D eigenvalue weighted by Crippen LogP contribution is -2.42. The Labute approximate surface area is 111 Å². The van der Waals surface area contributed by atoms with Crippen LogP contribution < -0.4 is 5.32 Å². The van der Waals surface area contributed by atoms with Gasteiger partial charge in [-0.25, -0.2) is 0 Å². The fourth-order valence-electron chi connectivity index (χ4n) is 2.56. The van der Waals surface area contributed by atoms with Gasteiger partial charge in [-0.2, -0.15) is 0 Å². The van der Waals surface area contributed by atoms with Gasteiger partial charge in [0.1, 0.15) is 5.76 Å². The van der Waals surface area contributed by atoms with Gasteiger partial charge >= 0.3 is 0 Å². The highest BCUT2D eigenvalue weighted by Gasteiger charge is 2.18. The van der Waals surface area contributed by atoms with Crippen LogP contribution >= 0.6 is 0 Å². The van der Waals surface area contributed by atoms with E-state index in [9.17, 15) is 0 Å². The van der Waals surface area contributed by atoms with Crippen molar-refractivity contribution >= 4 is 0 Å². The van der Waals surface area contributed by atoms with E-state index in [1.165, 1.54) is 50.9 Å². The standard InChI is InChI=1S/C15H26N2O/c1-3-4-8-17-9-5-14(6-10-17)16-12-15-13(2)7-11-18-15/h7,11,14,16H,3-6,8-10,12H2,1-2H3. The van der Waals surface area contributed by atoms with Crippen LogP contribution in [0, 0.1) is 6.92 Å². The summed E-state index contributed by atoms with van der Waals surface area (Å²) in [5, 5.41) is 3.62. The highest BCUT2D eigenvalue weighted by atomic mass is 16.3. The Kier molecular flexibility index (Phi) is 5.26. The van der Waals surface area contributed by atoms with Crippen LogP contribution in [0.1, 0.15) is 43.9 Å². The highest BCUT2D eigenvalue weighted by molar-refractivity contribution is 5.14. The summed E-state index contributed by atoms with van der Waals surface area (Å²) in [6.07, 6.45) is 6.95. The third kappa shape index (κ3) is 3.85. The van der Waals surface area contributed by atoms with Crippen molar-refractivity contribution in [2.75, 3.05) is 19.6 Å². The van der Waals surface area contributed by atoms with Crippen LogP contribution in [0.5, 0.6) is 0 Å². The molecule has 1 aromatic heterocycles. The second kappa shape index (κ2) is 6.95. The molecule has 0 saturated carbocycles. The normalized spacial score (nSPS) is 18.3. The van der Waals surface area contributed by atoms with Crippen molar-refractivity contribution in [1.29, 1.82) is 0 Å². The zero-order chi connectivity index (χ0) is 12.8. The smallest absolute Gasteiger partial charge is 0.120 e. The van der Waals surface area contributed by atoms with Gasteiger partial charge in [-0.05, 0) is 57.5 Å². The molecule has 0 atom stereocenters. The zero-order valence-electron chi connectivity index (χ0n) is 11.7. The predicted molar refractivity (Wildman–Crippen MR) is 74.7 cm³/mol. The van der Waals surface area contributed by atoms with Gasteiger partial charge in [-0.1, -0.05) is 13.3 Å². The van der Waals surface area contributed by atoms with Crippen LogP contribution in [0.4, 0.5) is 0 Å². The molecule has 0 unspecified atom stereocenters. The Morgan fingerprint density at radius 2 is 2.17 bits per heavy atom. The molecule has 0 radical (unpaired) electrons. The van der Waals surface area contributed by atoms with Gasteiger partial charge in [0.25, 0.3) is 0 Å². The average molecular weight is 250 g/mol. The number of likely N-dealkylation sites (tertiary alicyclic amines) is 1. The number of hydrogen-bond donors (Lipinski definition) is 1. The molecule has 0 spiro atoms. The minimum absolute atomic E-state index is 0.660. The highest BCUT2D eigenvalue weighted by Crippen LogP contribution is 2.13. The molecule has 18 heavy (non-hydrogen) atoms. The van der Waals surface area contributed by atoms with Crippen LogP contribution in [-0.2, 0) is 6.54 Å². The number of unbranched alkanes of at least 4 members (excludes halogenated alkanes) is 1. The third-order valence-electron chi connectivity index (χ3n) is 3.93. The van der Waals surface area contributed by atoms with Crippen molar-refractivity contribution in [2.45, 2.75) is 52.1 Å². The first kappa shape index (κ1) is 13.6. The van der Waals surface area contributed by atoms with E-state index in [4.69, 9.17) is 4.42 Å². The van der Waals surface area contributed by atoms with Crippen LogP contribution in [0.15, 0.2) is 16.7 Å². The Hall–Kier alpha value is -0.800. The van der Waals surface area contributed by atoms with E-state index in [0.29, 0.717) is 6.04 Å². The number of aryl methyl sites for hydroxylation is 1. The zero-order valence-corrected chi connectivity index (χ0v) is 11.7. The van der Waals surface area contributed by atoms with Crippen LogP contribution in [0.3, 0.4) is 0 Å². The van der Waals surface area contributed by atoms with Crippen molar-refractivity contribution in [3.8, 4) is 0 Å². The van der Waals surface area contributed by atoms with Crippen LogP contribution in [0.2, 0.25) is 0 Å². The van der Waals surface area contributed by atoms with Crippen molar-refractivity contribution in [3.63, 3.8) is 0 Å². The van der Waals surface area contributed by atoms with E-state index in [1.807, 2.05) is 6.07 Å². The van der Waals surface area contributed by atoms with E-state index in [-0.39, 0.29) is 0 Å². The quantitative estimate of drug-likeness (QED) is 0.841. The summed E-state index contributed by atoms with van der Waals surface area (Å²) in [4.78, 5) is 2.60. The van der Waals surface area contributed by atoms with E-state index in [0.717, 1.165) is 12.3 Å². The summed E-state index contributed by atoms with van der Waals surface area (Å²) in [5.74, 6) is 1.09. The maximum Gasteiger partial charge on any atom is 0.120 e. The number of nitrogens with one attached hydrogen (secondary N) is 1. The van der Waals surface area contributed by atoms with Crippen molar-refractivity contribution in [1.82, 2.24) is 10.2 Å². The van der Waals surface area contributed by atoms with Crippen molar-refractivity contribution in [3.05, 3.63) is 23.7 Å². The van der Waals surface area contributed by atoms with Crippen LogP contribution in [0.25, 0.3) is 0 Å².